The van der Waals surface area contributed by atoms with Crippen molar-refractivity contribution in [1.82, 2.24) is 5.32 Å². The summed E-state index contributed by atoms with van der Waals surface area (Å²) in [6.45, 7) is -0.625. The lowest BCUT2D eigenvalue weighted by molar-refractivity contribution is -0.261. The lowest BCUT2D eigenvalue weighted by atomic mass is 9.96. The topological polar surface area (TPSA) is 174 Å². The molecule has 1 aliphatic rings. The predicted octanol–water partition coefficient (Wildman–Crippen LogP) is -3.43. The molecule has 0 aliphatic carbocycles. The molecular weight excluding hydrogens is 310 g/mol. The molecule has 1 amide bonds. The van der Waals surface area contributed by atoms with Crippen LogP contribution in [-0.2, 0) is 19.6 Å². The largest absolute Gasteiger partial charge is 0.394 e. The first kappa shape index (κ1) is 18.2. The summed E-state index contributed by atoms with van der Waals surface area (Å²) in [5.74, 6) is -1.28. The molecule has 0 radical (unpaired) electrons. The zero-order valence-corrected chi connectivity index (χ0v) is 11.8. The molecule has 0 aromatic carbocycles. The summed E-state index contributed by atoms with van der Waals surface area (Å²) in [4.78, 5) is 11.6. The van der Waals surface area contributed by atoms with Crippen LogP contribution in [0.4, 0.5) is 0 Å². The van der Waals surface area contributed by atoms with E-state index in [1.165, 1.54) is 0 Å². The SMILES string of the molecule is O=C(CCCS(=O)(=O)O)NC1C(O)C(O)OC(CO)C1O. The molecule has 5 atom stereocenters. The molecule has 1 aliphatic heterocycles. The van der Waals surface area contributed by atoms with Crippen LogP contribution in [0.5, 0.6) is 0 Å². The fraction of sp³-hybridized carbons (Fsp3) is 0.900. The maximum Gasteiger partial charge on any atom is 0.264 e. The van der Waals surface area contributed by atoms with E-state index >= 15 is 0 Å². The minimum atomic E-state index is -4.17. The molecule has 11 heteroatoms. The molecule has 1 heterocycles. The number of ether oxygens (including phenoxy) is 1. The van der Waals surface area contributed by atoms with E-state index in [0.29, 0.717) is 0 Å². The number of aliphatic hydroxyl groups excluding tert-OH is 4. The van der Waals surface area contributed by atoms with Crippen molar-refractivity contribution in [2.45, 2.75) is 43.5 Å². The van der Waals surface area contributed by atoms with E-state index in [1.807, 2.05) is 0 Å². The Morgan fingerprint density at radius 3 is 2.33 bits per heavy atom. The average molecular weight is 329 g/mol. The summed E-state index contributed by atoms with van der Waals surface area (Å²) >= 11 is 0. The second kappa shape index (κ2) is 7.45. The van der Waals surface area contributed by atoms with E-state index in [1.54, 1.807) is 0 Å². The summed E-state index contributed by atoms with van der Waals surface area (Å²) in [5, 5.41) is 40.1. The monoisotopic (exact) mass is 329 g/mol. The normalized spacial score (nSPS) is 33.7. The zero-order chi connectivity index (χ0) is 16.2. The van der Waals surface area contributed by atoms with Gasteiger partial charge in [0, 0.05) is 6.42 Å². The Hall–Kier alpha value is -0.820. The van der Waals surface area contributed by atoms with Gasteiger partial charge < -0.3 is 30.5 Å². The van der Waals surface area contributed by atoms with Gasteiger partial charge in [-0.15, -0.1) is 0 Å². The molecule has 5 unspecified atom stereocenters. The minimum absolute atomic E-state index is 0.147. The Kier molecular flexibility index (Phi) is 6.46. The van der Waals surface area contributed by atoms with Crippen molar-refractivity contribution in [3.8, 4) is 0 Å². The number of rotatable bonds is 6. The van der Waals surface area contributed by atoms with Gasteiger partial charge in [-0.25, -0.2) is 0 Å². The van der Waals surface area contributed by atoms with Crippen molar-refractivity contribution in [2.24, 2.45) is 0 Å². The van der Waals surface area contributed by atoms with E-state index in [0.717, 1.165) is 0 Å². The van der Waals surface area contributed by atoms with Crippen molar-refractivity contribution in [2.75, 3.05) is 12.4 Å². The molecule has 124 valence electrons. The van der Waals surface area contributed by atoms with Crippen LogP contribution in [0, 0.1) is 0 Å². The van der Waals surface area contributed by atoms with Crippen molar-refractivity contribution in [3.63, 3.8) is 0 Å². The first-order valence-electron chi connectivity index (χ1n) is 6.20. The highest BCUT2D eigenvalue weighted by molar-refractivity contribution is 7.85. The number of carbonyl (C=O) groups is 1. The molecule has 0 aromatic heterocycles. The molecular formula is C10H19NO9S. The Bertz CT molecular complexity index is 453. The Balaban J connectivity index is 2.56. The van der Waals surface area contributed by atoms with Crippen LogP contribution >= 0.6 is 0 Å². The number of amides is 1. The quantitative estimate of drug-likeness (QED) is 0.271. The number of carbonyl (C=O) groups excluding carboxylic acids is 1. The smallest absolute Gasteiger partial charge is 0.264 e. The lowest BCUT2D eigenvalue weighted by Crippen LogP contribution is -2.64. The van der Waals surface area contributed by atoms with Crippen LogP contribution in [-0.4, -0.2) is 82.3 Å². The molecule has 10 nitrogen and oxygen atoms in total. The minimum Gasteiger partial charge on any atom is -0.394 e. The summed E-state index contributed by atoms with van der Waals surface area (Å²) in [7, 11) is -4.17. The summed E-state index contributed by atoms with van der Waals surface area (Å²) in [5.41, 5.74) is 0. The highest BCUT2D eigenvalue weighted by Gasteiger charge is 2.44. The van der Waals surface area contributed by atoms with Gasteiger partial charge in [-0.05, 0) is 6.42 Å². The molecule has 0 spiro atoms. The highest BCUT2D eigenvalue weighted by atomic mass is 32.2. The van der Waals surface area contributed by atoms with Gasteiger partial charge in [-0.1, -0.05) is 0 Å². The van der Waals surface area contributed by atoms with E-state index in [4.69, 9.17) is 14.4 Å². The van der Waals surface area contributed by atoms with Gasteiger partial charge in [0.1, 0.15) is 18.3 Å². The van der Waals surface area contributed by atoms with E-state index in [-0.39, 0.29) is 12.8 Å². The summed E-state index contributed by atoms with van der Waals surface area (Å²) < 4.78 is 34.3. The van der Waals surface area contributed by atoms with Gasteiger partial charge in [-0.2, -0.15) is 8.42 Å². The zero-order valence-electron chi connectivity index (χ0n) is 11.0. The fourth-order valence-electron chi connectivity index (χ4n) is 1.95. The molecule has 6 N–H and O–H groups in total. The maximum absolute atomic E-state index is 11.6. The third-order valence-corrected chi connectivity index (χ3v) is 3.84. The van der Waals surface area contributed by atoms with Gasteiger partial charge in [0.25, 0.3) is 10.1 Å². The van der Waals surface area contributed by atoms with Crippen molar-refractivity contribution in [1.29, 1.82) is 0 Å². The van der Waals surface area contributed by atoms with Gasteiger partial charge in [-0.3, -0.25) is 9.35 Å². The van der Waals surface area contributed by atoms with Crippen LogP contribution < -0.4 is 5.32 Å². The van der Waals surface area contributed by atoms with Gasteiger partial charge in [0.15, 0.2) is 6.29 Å². The lowest BCUT2D eigenvalue weighted by Gasteiger charge is -2.40. The molecule has 0 aromatic rings. The van der Waals surface area contributed by atoms with Gasteiger partial charge in [0.2, 0.25) is 5.91 Å². The molecule has 21 heavy (non-hydrogen) atoms. The first-order valence-corrected chi connectivity index (χ1v) is 7.81. The van der Waals surface area contributed by atoms with E-state index < -0.39 is 59.0 Å². The number of aliphatic hydroxyl groups is 4. The predicted molar refractivity (Wildman–Crippen MR) is 67.6 cm³/mol. The molecule has 0 saturated carbocycles. The second-order valence-corrected chi connectivity index (χ2v) is 6.28. The summed E-state index contributed by atoms with van der Waals surface area (Å²) in [6, 6.07) is -1.27. The Morgan fingerprint density at radius 1 is 1.19 bits per heavy atom. The standard InChI is InChI=1S/C10H19NO9S/c12-4-5-8(14)7(9(15)10(16)20-5)11-6(13)2-1-3-21(17,18)19/h5,7-10,12,14-16H,1-4H2,(H,11,13)(H,17,18,19). The van der Waals surface area contributed by atoms with Crippen LogP contribution in [0.2, 0.25) is 0 Å². The molecule has 1 fully saturated rings. The van der Waals surface area contributed by atoms with Crippen LogP contribution in [0.25, 0.3) is 0 Å². The van der Waals surface area contributed by atoms with Crippen LogP contribution in [0.1, 0.15) is 12.8 Å². The Morgan fingerprint density at radius 2 is 1.81 bits per heavy atom. The number of hydrogen-bond acceptors (Lipinski definition) is 8. The van der Waals surface area contributed by atoms with Crippen molar-refractivity contribution >= 4 is 16.0 Å². The summed E-state index contributed by atoms with van der Waals surface area (Å²) in [6.07, 6.45) is -6.32. The fourth-order valence-corrected chi connectivity index (χ4v) is 2.45. The third kappa shape index (κ3) is 5.47. The second-order valence-electron chi connectivity index (χ2n) is 4.71. The van der Waals surface area contributed by atoms with Gasteiger partial charge in [0.05, 0.1) is 18.4 Å². The van der Waals surface area contributed by atoms with Crippen LogP contribution in [0.15, 0.2) is 0 Å². The third-order valence-electron chi connectivity index (χ3n) is 3.04. The first-order chi connectivity index (χ1) is 9.65. The van der Waals surface area contributed by atoms with E-state index in [9.17, 15) is 28.5 Å². The highest BCUT2D eigenvalue weighted by Crippen LogP contribution is 2.19. The number of nitrogens with one attached hydrogen (secondary N) is 1. The van der Waals surface area contributed by atoms with Crippen molar-refractivity contribution < 1.29 is 42.9 Å². The van der Waals surface area contributed by atoms with E-state index in [2.05, 4.69) is 5.32 Å². The maximum atomic E-state index is 11.6. The molecule has 1 saturated heterocycles. The number of hydrogen-bond donors (Lipinski definition) is 6. The van der Waals surface area contributed by atoms with Crippen molar-refractivity contribution in [3.05, 3.63) is 0 Å². The van der Waals surface area contributed by atoms with Crippen LogP contribution in [0.3, 0.4) is 0 Å². The Labute approximate surface area is 121 Å². The average Bonchev–Trinajstić information content (AvgIpc) is 2.37. The molecule has 0 bridgehead atoms. The van der Waals surface area contributed by atoms with Gasteiger partial charge >= 0.3 is 0 Å². The molecule has 1 rings (SSSR count).